The SMILES string of the molecule is COc1cc2c(O)n(CCCN3CCOCC3)c3c4cnc5cccc(c(=O)c3c2cc1OC)c54. The Morgan fingerprint density at radius 3 is 2.46 bits per heavy atom. The molecule has 180 valence electrons. The van der Waals surface area contributed by atoms with Gasteiger partial charge in [0.15, 0.2) is 22.8 Å². The van der Waals surface area contributed by atoms with E-state index in [1.807, 2.05) is 29.0 Å². The number of fused-ring (bicyclic) bond motifs is 4. The number of hydrogen-bond acceptors (Lipinski definition) is 7. The van der Waals surface area contributed by atoms with Gasteiger partial charge in [0.2, 0.25) is 0 Å². The maximum Gasteiger partial charge on any atom is 0.199 e. The van der Waals surface area contributed by atoms with Gasteiger partial charge in [0.1, 0.15) is 0 Å². The quantitative estimate of drug-likeness (QED) is 0.297. The molecule has 3 aromatic carbocycles. The Morgan fingerprint density at radius 2 is 1.71 bits per heavy atom. The topological polar surface area (TPSA) is 86.0 Å². The smallest absolute Gasteiger partial charge is 0.199 e. The van der Waals surface area contributed by atoms with Crippen molar-refractivity contribution in [1.29, 1.82) is 0 Å². The van der Waals surface area contributed by atoms with Gasteiger partial charge in [-0.05, 0) is 24.6 Å². The molecule has 0 saturated carbocycles. The molecule has 3 heterocycles. The molecule has 6 rings (SSSR count). The van der Waals surface area contributed by atoms with E-state index in [0.29, 0.717) is 45.1 Å². The van der Waals surface area contributed by atoms with E-state index < -0.39 is 0 Å². The van der Waals surface area contributed by atoms with Crippen molar-refractivity contribution < 1.29 is 19.3 Å². The van der Waals surface area contributed by atoms with Gasteiger partial charge < -0.3 is 23.9 Å². The van der Waals surface area contributed by atoms with Gasteiger partial charge in [0, 0.05) is 59.3 Å². The van der Waals surface area contributed by atoms with Crippen molar-refractivity contribution in [2.45, 2.75) is 13.0 Å². The van der Waals surface area contributed by atoms with E-state index in [9.17, 15) is 9.90 Å². The number of aromatic hydroxyl groups is 1. The summed E-state index contributed by atoms with van der Waals surface area (Å²) in [5.41, 5.74) is 1.41. The Kier molecular flexibility index (Phi) is 5.35. The van der Waals surface area contributed by atoms with Crippen LogP contribution in [-0.4, -0.2) is 66.6 Å². The minimum atomic E-state index is -0.0785. The van der Waals surface area contributed by atoms with Gasteiger partial charge in [-0.3, -0.25) is 14.7 Å². The van der Waals surface area contributed by atoms with Crippen LogP contribution >= 0.6 is 0 Å². The zero-order valence-electron chi connectivity index (χ0n) is 19.8. The van der Waals surface area contributed by atoms with Crippen LogP contribution in [0.2, 0.25) is 0 Å². The van der Waals surface area contributed by atoms with Gasteiger partial charge in [0.05, 0.1) is 43.9 Å². The Labute approximate surface area is 201 Å². The average molecular weight is 474 g/mol. The first-order valence-corrected chi connectivity index (χ1v) is 11.9. The third-order valence-corrected chi connectivity index (χ3v) is 7.13. The fourth-order valence-corrected chi connectivity index (χ4v) is 5.42. The lowest BCUT2D eigenvalue weighted by atomic mass is 9.97. The van der Waals surface area contributed by atoms with Crippen LogP contribution < -0.4 is 14.9 Å². The highest BCUT2D eigenvalue weighted by molar-refractivity contribution is 6.25. The first kappa shape index (κ1) is 21.9. The summed E-state index contributed by atoms with van der Waals surface area (Å²) >= 11 is 0. The second-order valence-corrected chi connectivity index (χ2v) is 8.96. The molecular weight excluding hydrogens is 446 g/mol. The van der Waals surface area contributed by atoms with Crippen molar-refractivity contribution >= 4 is 43.4 Å². The minimum absolute atomic E-state index is 0.0785. The highest BCUT2D eigenvalue weighted by atomic mass is 16.5. The monoisotopic (exact) mass is 473 g/mol. The Morgan fingerprint density at radius 1 is 0.971 bits per heavy atom. The molecular formula is C27H27N3O5. The van der Waals surface area contributed by atoms with Gasteiger partial charge in [-0.2, -0.15) is 0 Å². The van der Waals surface area contributed by atoms with E-state index in [-0.39, 0.29) is 11.3 Å². The molecule has 0 amide bonds. The summed E-state index contributed by atoms with van der Waals surface area (Å²) < 4.78 is 18.4. The van der Waals surface area contributed by atoms with Gasteiger partial charge in [-0.1, -0.05) is 12.1 Å². The molecule has 2 aromatic heterocycles. The third kappa shape index (κ3) is 3.36. The highest BCUT2D eigenvalue weighted by Crippen LogP contribution is 2.42. The van der Waals surface area contributed by atoms with Crippen molar-refractivity contribution in [2.24, 2.45) is 0 Å². The highest BCUT2D eigenvalue weighted by Gasteiger charge is 2.23. The fraction of sp³-hybridized carbons (Fsp3) is 0.333. The molecule has 8 nitrogen and oxygen atoms in total. The fourth-order valence-electron chi connectivity index (χ4n) is 5.42. The lowest BCUT2D eigenvalue weighted by molar-refractivity contribution is 0.0369. The lowest BCUT2D eigenvalue weighted by Gasteiger charge is -2.27. The molecule has 0 spiro atoms. The molecule has 0 aliphatic carbocycles. The van der Waals surface area contributed by atoms with Crippen LogP contribution in [0, 0.1) is 0 Å². The molecule has 1 fully saturated rings. The summed E-state index contributed by atoms with van der Waals surface area (Å²) in [4.78, 5) is 20.9. The number of nitrogens with zero attached hydrogens (tertiary/aromatic N) is 3. The van der Waals surface area contributed by atoms with Crippen molar-refractivity contribution in [2.75, 3.05) is 47.1 Å². The molecule has 0 bridgehead atoms. The summed E-state index contributed by atoms with van der Waals surface area (Å²) in [5, 5.41) is 15.6. The third-order valence-electron chi connectivity index (χ3n) is 7.13. The molecule has 0 radical (unpaired) electrons. The number of ether oxygens (including phenoxy) is 3. The van der Waals surface area contributed by atoms with Gasteiger partial charge >= 0.3 is 0 Å². The second-order valence-electron chi connectivity index (χ2n) is 8.96. The van der Waals surface area contributed by atoms with Crippen LogP contribution in [0.3, 0.4) is 0 Å². The number of hydrogen-bond donors (Lipinski definition) is 1. The van der Waals surface area contributed by atoms with Crippen LogP contribution in [0.15, 0.2) is 41.3 Å². The summed E-state index contributed by atoms with van der Waals surface area (Å²) in [6.07, 6.45) is 2.63. The van der Waals surface area contributed by atoms with Gasteiger partial charge in [-0.25, -0.2) is 0 Å². The summed E-state index contributed by atoms with van der Waals surface area (Å²) in [7, 11) is 3.12. The van der Waals surface area contributed by atoms with Crippen molar-refractivity contribution in [3.8, 4) is 17.4 Å². The molecule has 0 atom stereocenters. The lowest BCUT2D eigenvalue weighted by Crippen LogP contribution is -2.37. The number of morpholine rings is 1. The molecule has 35 heavy (non-hydrogen) atoms. The number of aryl methyl sites for hydroxylation is 1. The van der Waals surface area contributed by atoms with E-state index in [4.69, 9.17) is 14.2 Å². The molecule has 1 saturated heterocycles. The summed E-state index contributed by atoms with van der Waals surface area (Å²) in [6.45, 7) is 4.73. The van der Waals surface area contributed by atoms with E-state index in [0.717, 1.165) is 55.6 Å². The van der Waals surface area contributed by atoms with Crippen LogP contribution in [0.1, 0.15) is 6.42 Å². The number of rotatable bonds is 6. The normalized spacial score (nSPS) is 15.0. The molecule has 1 aliphatic heterocycles. The van der Waals surface area contributed by atoms with E-state index in [1.54, 1.807) is 26.4 Å². The molecule has 1 aliphatic rings. The van der Waals surface area contributed by atoms with Gasteiger partial charge in [-0.15, -0.1) is 0 Å². The number of benzene rings is 3. The second kappa shape index (κ2) is 8.55. The van der Waals surface area contributed by atoms with E-state index in [2.05, 4.69) is 9.88 Å². The minimum Gasteiger partial charge on any atom is -0.494 e. The average Bonchev–Trinajstić information content (AvgIpc) is 3.33. The molecule has 8 heteroatoms. The van der Waals surface area contributed by atoms with Crippen LogP contribution in [0.5, 0.6) is 17.4 Å². The van der Waals surface area contributed by atoms with Crippen LogP contribution in [-0.2, 0) is 11.3 Å². The predicted molar refractivity (Wildman–Crippen MR) is 136 cm³/mol. The van der Waals surface area contributed by atoms with Gasteiger partial charge in [0.25, 0.3) is 0 Å². The van der Waals surface area contributed by atoms with Crippen molar-refractivity contribution in [3.63, 3.8) is 0 Å². The van der Waals surface area contributed by atoms with Crippen LogP contribution in [0.4, 0.5) is 0 Å². The summed E-state index contributed by atoms with van der Waals surface area (Å²) in [6, 6.07) is 9.15. The van der Waals surface area contributed by atoms with E-state index >= 15 is 0 Å². The number of pyridine rings is 1. The molecule has 5 aromatic rings. The van der Waals surface area contributed by atoms with E-state index in [1.165, 1.54) is 0 Å². The Hall–Kier alpha value is -3.62. The largest absolute Gasteiger partial charge is 0.494 e. The number of aromatic nitrogens is 2. The first-order valence-electron chi connectivity index (χ1n) is 11.9. The Bertz CT molecular complexity index is 1620. The molecule has 1 N–H and O–H groups in total. The summed E-state index contributed by atoms with van der Waals surface area (Å²) in [5.74, 6) is 1.10. The Balaban J connectivity index is 1.64. The predicted octanol–water partition coefficient (Wildman–Crippen LogP) is 3.74. The standard InChI is InChI=1S/C27H27N3O5/c1-33-21-13-17-18(14-22(21)34-2)27(32)30(8-4-7-29-9-11-35-12-10-29)25-19-15-28-20-6-3-5-16(23(19)20)26(31)24(17)25/h3,5-6,13-15,32H,4,7-12H2,1-2H3. The van der Waals surface area contributed by atoms with Crippen molar-refractivity contribution in [3.05, 3.63) is 46.8 Å². The van der Waals surface area contributed by atoms with Crippen molar-refractivity contribution in [1.82, 2.24) is 14.5 Å². The maximum absolute atomic E-state index is 13.9. The zero-order valence-corrected chi connectivity index (χ0v) is 19.8. The molecule has 0 unspecified atom stereocenters. The maximum atomic E-state index is 13.9. The number of methoxy groups -OCH3 is 2. The van der Waals surface area contributed by atoms with Crippen LogP contribution in [0.25, 0.3) is 43.4 Å². The first-order chi connectivity index (χ1) is 17.1. The zero-order chi connectivity index (χ0) is 24.1.